The largest absolute Gasteiger partial charge is 0.339 e. The van der Waals surface area contributed by atoms with Gasteiger partial charge in [0.25, 0.3) is 5.91 Å². The van der Waals surface area contributed by atoms with Gasteiger partial charge in [0.1, 0.15) is 0 Å². The minimum Gasteiger partial charge on any atom is -0.339 e. The Balaban J connectivity index is 1.94. The van der Waals surface area contributed by atoms with Crippen LogP contribution in [-0.4, -0.2) is 30.0 Å². The molecule has 0 saturated heterocycles. The molecule has 3 rings (SSSR count). The Kier molecular flexibility index (Phi) is 5.78. The number of para-hydroxylation sites is 1. The molecule has 9 heteroatoms. The molecular formula is C21H24N4O4S. The summed E-state index contributed by atoms with van der Waals surface area (Å²) in [7, 11) is -3.77. The number of anilines is 1. The average molecular weight is 429 g/mol. The first-order valence-electron chi connectivity index (χ1n) is 9.32. The van der Waals surface area contributed by atoms with E-state index in [2.05, 4.69) is 20.2 Å². The van der Waals surface area contributed by atoms with Crippen LogP contribution in [0.25, 0.3) is 11.4 Å². The van der Waals surface area contributed by atoms with E-state index in [4.69, 9.17) is 4.52 Å². The van der Waals surface area contributed by atoms with Crippen LogP contribution >= 0.6 is 0 Å². The van der Waals surface area contributed by atoms with Crippen LogP contribution in [0.15, 0.2) is 51.9 Å². The summed E-state index contributed by atoms with van der Waals surface area (Å²) in [5, 5.41) is 6.73. The van der Waals surface area contributed by atoms with Crippen LogP contribution in [0.5, 0.6) is 0 Å². The summed E-state index contributed by atoms with van der Waals surface area (Å²) < 4.78 is 32.9. The number of aromatic nitrogens is 2. The van der Waals surface area contributed by atoms with Gasteiger partial charge in [0.05, 0.1) is 10.6 Å². The lowest BCUT2D eigenvalue weighted by atomic mass is 10.1. The lowest BCUT2D eigenvalue weighted by Gasteiger charge is -2.20. The number of sulfonamides is 1. The van der Waals surface area contributed by atoms with Gasteiger partial charge in [-0.3, -0.25) is 4.79 Å². The highest BCUT2D eigenvalue weighted by atomic mass is 32.2. The van der Waals surface area contributed by atoms with E-state index in [0.29, 0.717) is 28.5 Å². The summed E-state index contributed by atoms with van der Waals surface area (Å²) >= 11 is 0. The van der Waals surface area contributed by atoms with Crippen molar-refractivity contribution in [3.8, 4) is 11.4 Å². The summed E-state index contributed by atoms with van der Waals surface area (Å²) in [6.07, 6.45) is 0. The normalized spacial score (nSPS) is 12.0. The van der Waals surface area contributed by atoms with E-state index >= 15 is 0 Å². The van der Waals surface area contributed by atoms with Crippen LogP contribution in [0.4, 0.5) is 5.69 Å². The van der Waals surface area contributed by atoms with Gasteiger partial charge in [-0.05, 0) is 57.5 Å². The van der Waals surface area contributed by atoms with Crippen LogP contribution in [-0.2, 0) is 10.0 Å². The van der Waals surface area contributed by atoms with Gasteiger partial charge in [-0.15, -0.1) is 0 Å². The Bertz CT molecular complexity index is 1190. The van der Waals surface area contributed by atoms with Crippen molar-refractivity contribution < 1.29 is 17.7 Å². The van der Waals surface area contributed by atoms with Crippen molar-refractivity contribution in [1.29, 1.82) is 0 Å². The lowest BCUT2D eigenvalue weighted by Crippen LogP contribution is -2.40. The zero-order valence-electron chi connectivity index (χ0n) is 17.5. The molecule has 0 saturated carbocycles. The van der Waals surface area contributed by atoms with Gasteiger partial charge in [0, 0.05) is 23.6 Å². The van der Waals surface area contributed by atoms with E-state index in [1.54, 1.807) is 65.0 Å². The van der Waals surface area contributed by atoms with Crippen LogP contribution in [0.1, 0.15) is 42.6 Å². The fraction of sp³-hybridized carbons (Fsp3) is 0.286. The lowest BCUT2D eigenvalue weighted by molar-refractivity contribution is 0.102. The molecule has 1 heterocycles. The number of amides is 1. The van der Waals surface area contributed by atoms with E-state index in [9.17, 15) is 13.2 Å². The van der Waals surface area contributed by atoms with E-state index in [0.717, 1.165) is 0 Å². The van der Waals surface area contributed by atoms with Gasteiger partial charge >= 0.3 is 0 Å². The number of aryl methyl sites for hydroxylation is 2. The third-order valence-electron chi connectivity index (χ3n) is 4.15. The molecule has 0 atom stereocenters. The van der Waals surface area contributed by atoms with Crippen molar-refractivity contribution in [2.75, 3.05) is 5.32 Å². The second kappa shape index (κ2) is 8.00. The van der Waals surface area contributed by atoms with Crippen LogP contribution in [0.3, 0.4) is 0 Å². The fourth-order valence-corrected chi connectivity index (χ4v) is 4.30. The Morgan fingerprint density at radius 1 is 1.07 bits per heavy atom. The second-order valence-corrected chi connectivity index (χ2v) is 9.65. The Morgan fingerprint density at radius 3 is 2.40 bits per heavy atom. The van der Waals surface area contributed by atoms with Crippen molar-refractivity contribution in [2.45, 2.75) is 45.1 Å². The number of carbonyl (C=O) groups is 1. The molecule has 0 radical (unpaired) electrons. The second-order valence-electron chi connectivity index (χ2n) is 7.97. The number of benzene rings is 2. The SMILES string of the molecule is Cc1nc(-c2ccccc2NC(=O)c2cc(S(=O)(=O)NC(C)(C)C)ccc2C)no1. The van der Waals surface area contributed by atoms with Crippen LogP contribution in [0.2, 0.25) is 0 Å². The zero-order valence-corrected chi connectivity index (χ0v) is 18.3. The molecule has 2 aromatic carbocycles. The summed E-state index contributed by atoms with van der Waals surface area (Å²) in [4.78, 5) is 17.2. The number of carbonyl (C=O) groups excluding carboxylic acids is 1. The average Bonchev–Trinajstić information content (AvgIpc) is 3.06. The van der Waals surface area contributed by atoms with Gasteiger partial charge in [0.15, 0.2) is 0 Å². The molecule has 2 N–H and O–H groups in total. The topological polar surface area (TPSA) is 114 Å². The first-order chi connectivity index (χ1) is 14.0. The van der Waals surface area contributed by atoms with Crippen LogP contribution in [0, 0.1) is 13.8 Å². The summed E-state index contributed by atoms with van der Waals surface area (Å²) in [6, 6.07) is 11.5. The highest BCUT2D eigenvalue weighted by Gasteiger charge is 2.24. The van der Waals surface area contributed by atoms with Crippen molar-refractivity contribution in [3.05, 3.63) is 59.5 Å². The van der Waals surface area contributed by atoms with Gasteiger partial charge in [-0.1, -0.05) is 23.4 Å². The number of nitrogens with one attached hydrogen (secondary N) is 2. The van der Waals surface area contributed by atoms with Crippen LogP contribution < -0.4 is 10.0 Å². The molecule has 0 aliphatic heterocycles. The number of hydrogen-bond donors (Lipinski definition) is 2. The maximum Gasteiger partial charge on any atom is 0.255 e. The monoisotopic (exact) mass is 428 g/mol. The molecule has 0 fully saturated rings. The molecule has 0 aliphatic rings. The van der Waals surface area contributed by atoms with E-state index in [-0.39, 0.29) is 10.5 Å². The third kappa shape index (κ3) is 4.92. The molecule has 0 bridgehead atoms. The molecule has 158 valence electrons. The van der Waals surface area contributed by atoms with Crippen molar-refractivity contribution >= 4 is 21.6 Å². The Morgan fingerprint density at radius 2 is 1.77 bits per heavy atom. The zero-order chi connectivity index (χ0) is 22.1. The summed E-state index contributed by atoms with van der Waals surface area (Å²) in [5.41, 5.74) is 1.34. The third-order valence-corrected chi connectivity index (χ3v) is 5.90. The fourth-order valence-electron chi connectivity index (χ4n) is 2.86. The van der Waals surface area contributed by atoms with Gasteiger partial charge in [0.2, 0.25) is 21.7 Å². The predicted molar refractivity (Wildman–Crippen MR) is 114 cm³/mol. The van der Waals surface area contributed by atoms with Crippen molar-refractivity contribution in [1.82, 2.24) is 14.9 Å². The molecule has 3 aromatic rings. The quantitative estimate of drug-likeness (QED) is 0.641. The standard InChI is InChI=1S/C21H24N4O4S/c1-13-10-11-15(30(27,28)25-21(3,4)5)12-17(13)20(26)23-18-9-7-6-8-16(18)19-22-14(2)29-24-19/h6-12,25H,1-5H3,(H,23,26). The molecule has 1 aromatic heterocycles. The van der Waals surface area contributed by atoms with Crippen molar-refractivity contribution in [3.63, 3.8) is 0 Å². The minimum atomic E-state index is -3.77. The Hall–Kier alpha value is -3.04. The first kappa shape index (κ1) is 21.7. The number of hydrogen-bond acceptors (Lipinski definition) is 6. The highest BCUT2D eigenvalue weighted by Crippen LogP contribution is 2.26. The minimum absolute atomic E-state index is 0.0234. The summed E-state index contributed by atoms with van der Waals surface area (Å²) in [6.45, 7) is 8.68. The number of nitrogens with zero attached hydrogens (tertiary/aromatic N) is 2. The van der Waals surface area contributed by atoms with E-state index in [1.165, 1.54) is 12.1 Å². The number of rotatable bonds is 5. The molecule has 8 nitrogen and oxygen atoms in total. The predicted octanol–water partition coefficient (Wildman–Crippen LogP) is 3.68. The smallest absolute Gasteiger partial charge is 0.255 e. The van der Waals surface area contributed by atoms with Gasteiger partial charge in [-0.25, -0.2) is 13.1 Å². The molecule has 0 aliphatic carbocycles. The highest BCUT2D eigenvalue weighted by molar-refractivity contribution is 7.89. The van der Waals surface area contributed by atoms with E-state index in [1.807, 2.05) is 0 Å². The molecule has 30 heavy (non-hydrogen) atoms. The summed E-state index contributed by atoms with van der Waals surface area (Å²) in [5.74, 6) is 0.324. The van der Waals surface area contributed by atoms with E-state index < -0.39 is 21.5 Å². The first-order valence-corrected chi connectivity index (χ1v) is 10.8. The van der Waals surface area contributed by atoms with Gasteiger partial charge < -0.3 is 9.84 Å². The molecule has 0 unspecified atom stereocenters. The molecule has 1 amide bonds. The Labute approximate surface area is 175 Å². The van der Waals surface area contributed by atoms with Crippen molar-refractivity contribution in [2.24, 2.45) is 0 Å². The molecule has 0 spiro atoms. The maximum atomic E-state index is 13.0. The maximum absolute atomic E-state index is 13.0. The molecular weight excluding hydrogens is 404 g/mol. The van der Waals surface area contributed by atoms with Gasteiger partial charge in [-0.2, -0.15) is 4.98 Å².